The van der Waals surface area contributed by atoms with E-state index in [1.54, 1.807) is 12.5 Å². The number of nitrogens with zero attached hydrogens (tertiary/aromatic N) is 3. The molecule has 1 fully saturated rings. The van der Waals surface area contributed by atoms with Crippen molar-refractivity contribution in [3.05, 3.63) is 44.5 Å². The molecule has 4 N–H and O–H groups in total. The number of carbonyl (C=O) groups is 3. The summed E-state index contributed by atoms with van der Waals surface area (Å²) in [5.74, 6) is -1.46. The number of thioether (sulfide) groups is 2. The summed E-state index contributed by atoms with van der Waals surface area (Å²) in [5, 5.41) is 26.2. The van der Waals surface area contributed by atoms with Gasteiger partial charge in [0.1, 0.15) is 28.7 Å². The van der Waals surface area contributed by atoms with Crippen molar-refractivity contribution in [1.29, 1.82) is 0 Å². The summed E-state index contributed by atoms with van der Waals surface area (Å²) in [7, 11) is 0. The molecular weight excluding hydrogens is 488 g/mol. The zero-order chi connectivity index (χ0) is 24.8. The third-order valence-electron chi connectivity index (χ3n) is 4.98. The number of aromatic amines is 1. The highest BCUT2D eigenvalue weighted by atomic mass is 32.2. The van der Waals surface area contributed by atoms with E-state index in [1.165, 1.54) is 35.3 Å². The monoisotopic (exact) mass is 512 g/mol. The fourth-order valence-electron chi connectivity index (χ4n) is 3.45. The Morgan fingerprint density at radius 1 is 1.53 bits per heavy atom. The van der Waals surface area contributed by atoms with Crippen molar-refractivity contribution in [2.45, 2.75) is 31.2 Å². The van der Waals surface area contributed by atoms with Crippen LogP contribution < -0.4 is 10.6 Å². The molecule has 2 aliphatic heterocycles. The Bertz CT molecular complexity index is 1040. The zero-order valence-electron chi connectivity index (χ0n) is 18.4. The second kappa shape index (κ2) is 11.3. The summed E-state index contributed by atoms with van der Waals surface area (Å²) >= 11 is 2.64. The summed E-state index contributed by atoms with van der Waals surface area (Å²) in [5.41, 5.74) is 1.06. The Kier molecular flexibility index (Phi) is 8.44. The van der Waals surface area contributed by atoms with Crippen molar-refractivity contribution in [2.75, 3.05) is 30.5 Å². The molecule has 1 amide bonds. The number of β-lactam (4-membered cyclic amide) rings is 1. The van der Waals surface area contributed by atoms with Gasteiger partial charge in [-0.25, -0.2) is 9.78 Å². The molecule has 0 spiro atoms. The average Bonchev–Trinajstić information content (AvgIpc) is 3.24. The first-order valence-corrected chi connectivity index (χ1v) is 12.5. The van der Waals surface area contributed by atoms with Crippen LogP contribution >= 0.6 is 23.5 Å². The quantitative estimate of drug-likeness (QED) is 0.103. The maximum atomic E-state index is 12.7. The molecule has 2 atom stereocenters. The molecule has 1 saturated heterocycles. The number of aryl methyl sites for hydroxylation is 1. The number of hydrogen-bond acceptors (Lipinski definition) is 11. The maximum Gasteiger partial charge on any atom is 0.352 e. The topological polar surface area (TPSA) is 180 Å². The van der Waals surface area contributed by atoms with Gasteiger partial charge in [-0.05, 0) is 19.1 Å². The number of hydrogen-bond donors (Lipinski definition) is 4. The Morgan fingerprint density at radius 3 is 2.94 bits per heavy atom. The minimum Gasteiger partial charge on any atom is -0.477 e. The molecular formula is C19H24N6O7S2. The Labute approximate surface area is 202 Å². The van der Waals surface area contributed by atoms with Crippen molar-refractivity contribution in [3.63, 3.8) is 0 Å². The molecule has 0 aliphatic carbocycles. The standard InChI is InChI=1S/C19H24N6O7S2/c1-10(26)32-8-11-9-34-17-14(16(27)25(17)15(11)18(28)29)23-19-21-6-12(22-19)4-3-5-20-13(33-2)7-24(30)31/h6-7,14,17,20H,3-5,8-9H2,1-2H3,(H,28,29)(H2,21,22,23)/t14?,17-/m0/s1. The second-order valence-corrected chi connectivity index (χ2v) is 9.29. The molecule has 0 saturated carbocycles. The Balaban J connectivity index is 1.54. The largest absolute Gasteiger partial charge is 0.477 e. The van der Waals surface area contributed by atoms with Gasteiger partial charge in [0.2, 0.25) is 5.95 Å². The maximum absolute atomic E-state index is 12.7. The second-order valence-electron chi connectivity index (χ2n) is 7.34. The molecule has 3 rings (SSSR count). The third kappa shape index (κ3) is 6.02. The van der Waals surface area contributed by atoms with Gasteiger partial charge in [0.05, 0.1) is 11.1 Å². The number of fused-ring (bicyclic) bond motifs is 1. The molecule has 0 aromatic carbocycles. The summed E-state index contributed by atoms with van der Waals surface area (Å²) in [6.45, 7) is 1.60. The van der Waals surface area contributed by atoms with Gasteiger partial charge < -0.3 is 25.5 Å². The highest BCUT2D eigenvalue weighted by Crippen LogP contribution is 2.41. The Morgan fingerprint density at radius 2 is 2.29 bits per heavy atom. The minimum absolute atomic E-state index is 0.142. The lowest BCUT2D eigenvalue weighted by atomic mass is 10.0. The molecule has 15 heteroatoms. The third-order valence-corrected chi connectivity index (χ3v) is 7.01. The number of aromatic nitrogens is 2. The Hall–Kier alpha value is -3.20. The van der Waals surface area contributed by atoms with Crippen molar-refractivity contribution in [2.24, 2.45) is 0 Å². The van der Waals surface area contributed by atoms with E-state index in [0.29, 0.717) is 41.7 Å². The average molecular weight is 513 g/mol. The number of rotatable bonds is 12. The predicted octanol–water partition coefficient (Wildman–Crippen LogP) is 0.968. The first-order valence-electron chi connectivity index (χ1n) is 10.2. The number of anilines is 1. The van der Waals surface area contributed by atoms with Gasteiger partial charge in [0.25, 0.3) is 12.1 Å². The summed E-state index contributed by atoms with van der Waals surface area (Å²) < 4.78 is 4.93. The molecule has 13 nitrogen and oxygen atoms in total. The van der Waals surface area contributed by atoms with E-state index in [0.717, 1.165) is 11.9 Å². The SMILES string of the molecule is CSC(=C[N+](=O)[O-])NCCCc1cnc(NC2C(=O)N3C(C(=O)O)=C(COC(C)=O)CS[C@@H]23)[nH]1. The lowest BCUT2D eigenvalue weighted by Gasteiger charge is -2.49. The highest BCUT2D eigenvalue weighted by Gasteiger charge is 2.54. The first-order chi connectivity index (χ1) is 16.2. The number of carbonyl (C=O) groups excluding carboxylic acids is 2. The molecule has 34 heavy (non-hydrogen) atoms. The van der Waals surface area contributed by atoms with E-state index in [4.69, 9.17) is 4.74 Å². The van der Waals surface area contributed by atoms with Gasteiger partial charge in [0.15, 0.2) is 0 Å². The van der Waals surface area contributed by atoms with Crippen molar-refractivity contribution in [1.82, 2.24) is 20.2 Å². The molecule has 184 valence electrons. The molecule has 1 aromatic rings. The fraction of sp³-hybridized carbons (Fsp3) is 0.474. The van der Waals surface area contributed by atoms with Crippen LogP contribution in [-0.4, -0.2) is 79.3 Å². The van der Waals surface area contributed by atoms with Gasteiger partial charge in [-0.1, -0.05) is 0 Å². The molecule has 0 radical (unpaired) electrons. The number of H-pyrrole nitrogens is 1. The van der Waals surface area contributed by atoms with E-state index in [-0.39, 0.29) is 12.3 Å². The van der Waals surface area contributed by atoms with Gasteiger partial charge in [-0.2, -0.15) is 0 Å². The molecule has 1 unspecified atom stereocenters. The number of aliphatic carboxylic acids is 1. The van der Waals surface area contributed by atoms with E-state index in [2.05, 4.69) is 20.6 Å². The van der Waals surface area contributed by atoms with Crippen molar-refractivity contribution >= 4 is 47.3 Å². The molecule has 2 aliphatic rings. The van der Waals surface area contributed by atoms with Gasteiger partial charge in [-0.15, -0.1) is 23.5 Å². The van der Waals surface area contributed by atoms with Crippen LogP contribution in [0.15, 0.2) is 28.7 Å². The van der Waals surface area contributed by atoms with E-state index in [9.17, 15) is 29.6 Å². The van der Waals surface area contributed by atoms with Crippen LogP contribution in [0.2, 0.25) is 0 Å². The number of carboxylic acid groups (broad SMARTS) is 1. The summed E-state index contributed by atoms with van der Waals surface area (Å²) in [4.78, 5) is 54.2. The summed E-state index contributed by atoms with van der Waals surface area (Å²) in [6, 6.07) is -0.647. The molecule has 3 heterocycles. The van der Waals surface area contributed by atoms with Crippen LogP contribution in [0, 0.1) is 10.1 Å². The predicted molar refractivity (Wildman–Crippen MR) is 125 cm³/mol. The lowest BCUT2D eigenvalue weighted by molar-refractivity contribution is -0.403. The number of nitrogens with one attached hydrogen (secondary N) is 3. The molecule has 0 bridgehead atoms. The van der Waals surface area contributed by atoms with E-state index in [1.807, 2.05) is 0 Å². The van der Waals surface area contributed by atoms with Crippen LogP contribution in [0.25, 0.3) is 0 Å². The normalized spacial score (nSPS) is 19.9. The number of nitro groups is 1. The van der Waals surface area contributed by atoms with Crippen LogP contribution in [0.1, 0.15) is 19.0 Å². The van der Waals surface area contributed by atoms with E-state index >= 15 is 0 Å². The number of carboxylic acids is 1. The minimum atomic E-state index is -1.24. The van der Waals surface area contributed by atoms with E-state index < -0.39 is 34.2 Å². The lowest BCUT2D eigenvalue weighted by Crippen LogP contribution is -2.67. The van der Waals surface area contributed by atoms with Crippen LogP contribution in [-0.2, 0) is 25.5 Å². The van der Waals surface area contributed by atoms with Crippen molar-refractivity contribution < 1.29 is 29.2 Å². The number of amides is 1. The van der Waals surface area contributed by atoms with Gasteiger partial charge in [-0.3, -0.25) is 24.6 Å². The zero-order valence-corrected chi connectivity index (χ0v) is 20.0. The highest BCUT2D eigenvalue weighted by molar-refractivity contribution is 8.02. The fourth-order valence-corrected chi connectivity index (χ4v) is 5.21. The van der Waals surface area contributed by atoms with Crippen LogP contribution in [0.3, 0.4) is 0 Å². The van der Waals surface area contributed by atoms with Crippen LogP contribution in [0.4, 0.5) is 5.95 Å². The van der Waals surface area contributed by atoms with Crippen LogP contribution in [0.5, 0.6) is 0 Å². The summed E-state index contributed by atoms with van der Waals surface area (Å²) in [6.07, 6.45) is 5.65. The molecule has 1 aromatic heterocycles. The number of imidazole rings is 1. The number of ether oxygens (including phenoxy) is 1. The number of esters is 1. The first kappa shape index (κ1) is 25.4. The van der Waals surface area contributed by atoms with Gasteiger partial charge >= 0.3 is 11.9 Å². The smallest absolute Gasteiger partial charge is 0.352 e. The van der Waals surface area contributed by atoms with Crippen molar-refractivity contribution in [3.8, 4) is 0 Å². The van der Waals surface area contributed by atoms with Gasteiger partial charge in [0, 0.05) is 30.5 Å².